The van der Waals surface area contributed by atoms with Gasteiger partial charge in [0, 0.05) is 17.1 Å². The van der Waals surface area contributed by atoms with Crippen LogP contribution in [-0.2, 0) is 0 Å². The second kappa shape index (κ2) is 7.85. The molecule has 19 heavy (non-hydrogen) atoms. The highest BCUT2D eigenvalue weighted by Gasteiger charge is 2.11. The molecule has 0 spiro atoms. The van der Waals surface area contributed by atoms with Gasteiger partial charge in [-0.25, -0.2) is 0 Å². The molecule has 1 aromatic carbocycles. The number of aliphatic hydroxyl groups is 1. The van der Waals surface area contributed by atoms with Crippen LogP contribution in [0, 0.1) is 0 Å². The summed E-state index contributed by atoms with van der Waals surface area (Å²) in [7, 11) is 0. The van der Waals surface area contributed by atoms with Crippen LogP contribution in [-0.4, -0.2) is 42.7 Å². The molecule has 1 saturated heterocycles. The van der Waals surface area contributed by atoms with Crippen LogP contribution in [0.4, 0.5) is 0 Å². The predicted octanol–water partition coefficient (Wildman–Crippen LogP) is 2.45. The van der Waals surface area contributed by atoms with Gasteiger partial charge in [0.25, 0.3) is 0 Å². The molecule has 1 fully saturated rings. The van der Waals surface area contributed by atoms with Gasteiger partial charge in [-0.05, 0) is 51.5 Å². The molecule has 0 aromatic heterocycles. The Morgan fingerprint density at radius 3 is 2.74 bits per heavy atom. The maximum atomic E-state index is 10.1. The van der Waals surface area contributed by atoms with E-state index < -0.39 is 6.10 Å². The highest BCUT2D eigenvalue weighted by molar-refractivity contribution is 6.31. The van der Waals surface area contributed by atoms with E-state index >= 15 is 0 Å². The van der Waals surface area contributed by atoms with Crippen LogP contribution in [0.1, 0.15) is 30.9 Å². The first-order valence-corrected chi connectivity index (χ1v) is 7.51. The third-order valence-corrected chi connectivity index (χ3v) is 3.97. The molecule has 0 radical (unpaired) electrons. The van der Waals surface area contributed by atoms with Crippen molar-refractivity contribution in [3.63, 3.8) is 0 Å². The molecule has 1 aliphatic heterocycles. The second-order valence-corrected chi connectivity index (χ2v) is 5.55. The lowest BCUT2D eigenvalue weighted by atomic mass is 10.1. The summed E-state index contributed by atoms with van der Waals surface area (Å²) < 4.78 is 0. The molecule has 2 N–H and O–H groups in total. The molecule has 4 heteroatoms. The standard InChI is InChI=1S/C15H23ClN2O/c16-14-7-2-1-6-13(14)15(19)12-17-8-5-11-18-9-3-4-10-18/h1-2,6-7,15,17,19H,3-5,8-12H2. The minimum absolute atomic E-state index is 0.527. The second-order valence-electron chi connectivity index (χ2n) is 5.14. The molecule has 2 rings (SSSR count). The van der Waals surface area contributed by atoms with Gasteiger partial charge >= 0.3 is 0 Å². The van der Waals surface area contributed by atoms with Crippen molar-refractivity contribution in [2.75, 3.05) is 32.7 Å². The van der Waals surface area contributed by atoms with E-state index in [0.29, 0.717) is 11.6 Å². The van der Waals surface area contributed by atoms with E-state index in [0.717, 1.165) is 25.1 Å². The van der Waals surface area contributed by atoms with Crippen molar-refractivity contribution >= 4 is 11.6 Å². The monoisotopic (exact) mass is 282 g/mol. The molecule has 0 amide bonds. The van der Waals surface area contributed by atoms with E-state index in [9.17, 15) is 5.11 Å². The van der Waals surface area contributed by atoms with Gasteiger partial charge in [0.2, 0.25) is 0 Å². The van der Waals surface area contributed by atoms with Gasteiger partial charge in [-0.15, -0.1) is 0 Å². The average Bonchev–Trinajstić information content (AvgIpc) is 2.92. The Morgan fingerprint density at radius 2 is 2.00 bits per heavy atom. The van der Waals surface area contributed by atoms with Crippen molar-refractivity contribution in [1.29, 1.82) is 0 Å². The quantitative estimate of drug-likeness (QED) is 0.754. The molecule has 1 heterocycles. The van der Waals surface area contributed by atoms with E-state index in [1.165, 1.54) is 25.9 Å². The van der Waals surface area contributed by atoms with E-state index in [-0.39, 0.29) is 0 Å². The first-order chi connectivity index (χ1) is 9.27. The molecule has 0 saturated carbocycles. The SMILES string of the molecule is OC(CNCCCN1CCCC1)c1ccccc1Cl. The van der Waals surface area contributed by atoms with Gasteiger partial charge in [0.15, 0.2) is 0 Å². The molecule has 0 bridgehead atoms. The molecule has 3 nitrogen and oxygen atoms in total. The minimum Gasteiger partial charge on any atom is -0.387 e. The van der Waals surface area contributed by atoms with Gasteiger partial charge in [-0.3, -0.25) is 0 Å². The van der Waals surface area contributed by atoms with Crippen molar-refractivity contribution in [1.82, 2.24) is 10.2 Å². The van der Waals surface area contributed by atoms with Crippen LogP contribution in [0.5, 0.6) is 0 Å². The molecule has 1 atom stereocenters. The van der Waals surface area contributed by atoms with Gasteiger partial charge in [-0.2, -0.15) is 0 Å². The third kappa shape index (κ3) is 4.77. The Labute approximate surface area is 120 Å². The summed E-state index contributed by atoms with van der Waals surface area (Å²) >= 11 is 6.05. The maximum absolute atomic E-state index is 10.1. The van der Waals surface area contributed by atoms with E-state index in [1.54, 1.807) is 0 Å². The van der Waals surface area contributed by atoms with Gasteiger partial charge < -0.3 is 15.3 Å². The van der Waals surface area contributed by atoms with Crippen molar-refractivity contribution in [2.45, 2.75) is 25.4 Å². The number of hydrogen-bond donors (Lipinski definition) is 2. The van der Waals surface area contributed by atoms with Crippen LogP contribution in [0.25, 0.3) is 0 Å². The molecule has 1 aliphatic rings. The summed E-state index contributed by atoms with van der Waals surface area (Å²) in [5.41, 5.74) is 0.802. The lowest BCUT2D eigenvalue weighted by molar-refractivity contribution is 0.174. The minimum atomic E-state index is -0.527. The van der Waals surface area contributed by atoms with Crippen molar-refractivity contribution < 1.29 is 5.11 Å². The molecule has 1 unspecified atom stereocenters. The fourth-order valence-electron chi connectivity index (χ4n) is 2.53. The Balaban J connectivity index is 1.61. The van der Waals surface area contributed by atoms with Crippen LogP contribution in [0.3, 0.4) is 0 Å². The van der Waals surface area contributed by atoms with Gasteiger partial charge in [-0.1, -0.05) is 29.8 Å². The van der Waals surface area contributed by atoms with Crippen LogP contribution < -0.4 is 5.32 Å². The normalized spacial score (nSPS) is 17.8. The van der Waals surface area contributed by atoms with Crippen molar-refractivity contribution in [2.24, 2.45) is 0 Å². The Morgan fingerprint density at radius 1 is 1.26 bits per heavy atom. The maximum Gasteiger partial charge on any atom is 0.0928 e. The number of benzene rings is 1. The molecule has 1 aromatic rings. The van der Waals surface area contributed by atoms with E-state index in [1.807, 2.05) is 24.3 Å². The Hall–Kier alpha value is -0.610. The van der Waals surface area contributed by atoms with Crippen molar-refractivity contribution in [3.05, 3.63) is 34.9 Å². The first kappa shape index (κ1) is 14.8. The zero-order chi connectivity index (χ0) is 13.5. The number of rotatable bonds is 7. The molecule has 106 valence electrons. The summed E-state index contributed by atoms with van der Waals surface area (Å²) in [6, 6.07) is 7.46. The number of likely N-dealkylation sites (tertiary alicyclic amines) is 1. The predicted molar refractivity (Wildman–Crippen MR) is 79.6 cm³/mol. The highest BCUT2D eigenvalue weighted by atomic mass is 35.5. The van der Waals surface area contributed by atoms with Crippen LogP contribution in [0.15, 0.2) is 24.3 Å². The first-order valence-electron chi connectivity index (χ1n) is 7.13. The molecular formula is C15H23ClN2O. The summed E-state index contributed by atoms with van der Waals surface area (Å²) in [5.74, 6) is 0. The lowest BCUT2D eigenvalue weighted by Gasteiger charge is -2.16. The summed E-state index contributed by atoms with van der Waals surface area (Å²) in [4.78, 5) is 2.51. The summed E-state index contributed by atoms with van der Waals surface area (Å²) in [5, 5.41) is 14.0. The number of halogens is 1. The molecule has 0 aliphatic carbocycles. The smallest absolute Gasteiger partial charge is 0.0928 e. The van der Waals surface area contributed by atoms with Crippen LogP contribution >= 0.6 is 11.6 Å². The van der Waals surface area contributed by atoms with Gasteiger partial charge in [0.05, 0.1) is 6.10 Å². The number of hydrogen-bond acceptors (Lipinski definition) is 3. The van der Waals surface area contributed by atoms with E-state index in [4.69, 9.17) is 11.6 Å². The van der Waals surface area contributed by atoms with Crippen LogP contribution in [0.2, 0.25) is 5.02 Å². The lowest BCUT2D eigenvalue weighted by Crippen LogP contribution is -2.27. The largest absolute Gasteiger partial charge is 0.387 e. The number of nitrogens with zero attached hydrogens (tertiary/aromatic N) is 1. The van der Waals surface area contributed by atoms with E-state index in [2.05, 4.69) is 10.2 Å². The Kier molecular flexibility index (Phi) is 6.11. The summed E-state index contributed by atoms with van der Waals surface area (Å²) in [6.07, 6.45) is 3.30. The molecular weight excluding hydrogens is 260 g/mol. The Bertz CT molecular complexity index is 380. The summed E-state index contributed by atoms with van der Waals surface area (Å²) in [6.45, 7) is 5.17. The zero-order valence-electron chi connectivity index (χ0n) is 11.3. The topological polar surface area (TPSA) is 35.5 Å². The highest BCUT2D eigenvalue weighted by Crippen LogP contribution is 2.21. The van der Waals surface area contributed by atoms with Crippen molar-refractivity contribution in [3.8, 4) is 0 Å². The number of aliphatic hydroxyl groups excluding tert-OH is 1. The fraction of sp³-hybridized carbons (Fsp3) is 0.600. The third-order valence-electron chi connectivity index (χ3n) is 3.63. The fourth-order valence-corrected chi connectivity index (χ4v) is 2.79. The van der Waals surface area contributed by atoms with Gasteiger partial charge in [0.1, 0.15) is 0 Å². The zero-order valence-corrected chi connectivity index (χ0v) is 12.1. The number of nitrogens with one attached hydrogen (secondary N) is 1. The average molecular weight is 283 g/mol.